The van der Waals surface area contributed by atoms with E-state index < -0.39 is 5.82 Å². The van der Waals surface area contributed by atoms with E-state index in [2.05, 4.69) is 25.6 Å². The second kappa shape index (κ2) is 8.62. The first-order valence-corrected chi connectivity index (χ1v) is 11.9. The molecular weight excluding hydrogens is 449 g/mol. The minimum atomic E-state index is -0.490. The van der Waals surface area contributed by atoms with Crippen molar-refractivity contribution in [2.75, 3.05) is 43.1 Å². The van der Waals surface area contributed by atoms with Crippen molar-refractivity contribution in [1.82, 2.24) is 24.5 Å². The van der Waals surface area contributed by atoms with Gasteiger partial charge in [0.25, 0.3) is 5.91 Å². The van der Waals surface area contributed by atoms with Crippen molar-refractivity contribution in [1.29, 1.82) is 0 Å². The summed E-state index contributed by atoms with van der Waals surface area (Å²) in [5.74, 6) is -0.199. The van der Waals surface area contributed by atoms with Crippen molar-refractivity contribution in [2.24, 2.45) is 13.0 Å². The van der Waals surface area contributed by atoms with E-state index in [-0.39, 0.29) is 11.6 Å². The number of aryl methyl sites for hydroxylation is 2. The lowest BCUT2D eigenvalue weighted by Crippen LogP contribution is -2.42. The lowest BCUT2D eigenvalue weighted by Gasteiger charge is -2.27. The summed E-state index contributed by atoms with van der Waals surface area (Å²) in [5.41, 5.74) is 3.44. The Morgan fingerprint density at radius 2 is 2.11 bits per heavy atom. The zero-order valence-corrected chi connectivity index (χ0v) is 19.8. The van der Waals surface area contributed by atoms with Gasteiger partial charge in [-0.05, 0) is 25.5 Å². The molecule has 1 atom stereocenters. The largest absolute Gasteiger partial charge is 0.381 e. The summed E-state index contributed by atoms with van der Waals surface area (Å²) in [6.45, 7) is 6.35. The Balaban J connectivity index is 1.24. The van der Waals surface area contributed by atoms with Crippen LogP contribution in [0, 0.1) is 18.7 Å². The van der Waals surface area contributed by atoms with Crippen molar-refractivity contribution in [3.8, 4) is 0 Å². The van der Waals surface area contributed by atoms with Crippen molar-refractivity contribution in [3.63, 3.8) is 0 Å². The standard InChI is InChI=1S/C25H28FN7O2/c1-15-9-33-11-18(7-21(26)24(33)28-15)29-25(34)19-3-4-22(20-12-31(2)30-23(19)20)32-6-5-17(10-32)27-8-16-13-35-14-16/h3-4,7,9,11-12,16-17,27H,5-6,8,10,13-14H2,1-2H3,(H,29,34)/t17-/m1/s1. The Morgan fingerprint density at radius 1 is 1.26 bits per heavy atom. The Labute approximate surface area is 201 Å². The molecule has 2 N–H and O–H groups in total. The Hall–Kier alpha value is -3.50. The van der Waals surface area contributed by atoms with Gasteiger partial charge in [0.1, 0.15) is 5.52 Å². The minimum Gasteiger partial charge on any atom is -0.381 e. The van der Waals surface area contributed by atoms with Gasteiger partial charge in [0.2, 0.25) is 0 Å². The fraction of sp³-hybridized carbons (Fsp3) is 0.400. The molecule has 5 heterocycles. The van der Waals surface area contributed by atoms with Gasteiger partial charge in [0.05, 0.1) is 30.2 Å². The number of carbonyl (C=O) groups is 1. The molecule has 3 aromatic heterocycles. The number of benzene rings is 1. The molecule has 0 saturated carbocycles. The number of hydrogen-bond donors (Lipinski definition) is 2. The quantitative estimate of drug-likeness (QED) is 0.444. The van der Waals surface area contributed by atoms with E-state index >= 15 is 0 Å². The lowest BCUT2D eigenvalue weighted by atomic mass is 10.1. The van der Waals surface area contributed by atoms with E-state index in [1.54, 1.807) is 28.4 Å². The highest BCUT2D eigenvalue weighted by atomic mass is 19.1. The van der Waals surface area contributed by atoms with Crippen LogP contribution in [0.4, 0.5) is 15.8 Å². The molecule has 2 fully saturated rings. The number of aromatic nitrogens is 4. The molecule has 0 bridgehead atoms. The summed E-state index contributed by atoms with van der Waals surface area (Å²) in [4.78, 5) is 19.7. The number of fused-ring (bicyclic) bond motifs is 2. The monoisotopic (exact) mass is 477 g/mol. The number of halogens is 1. The molecule has 0 aliphatic carbocycles. The van der Waals surface area contributed by atoms with Gasteiger partial charge in [-0.2, -0.15) is 5.10 Å². The number of anilines is 2. The molecule has 0 spiro atoms. The summed E-state index contributed by atoms with van der Waals surface area (Å²) in [6.07, 6.45) is 6.40. The lowest BCUT2D eigenvalue weighted by molar-refractivity contribution is -0.0314. The number of rotatable bonds is 6. The van der Waals surface area contributed by atoms with Crippen LogP contribution in [0.25, 0.3) is 16.6 Å². The molecule has 0 radical (unpaired) electrons. The maximum atomic E-state index is 14.5. The van der Waals surface area contributed by atoms with E-state index in [1.165, 1.54) is 6.07 Å². The number of ether oxygens (including phenoxy) is 1. The van der Waals surface area contributed by atoms with Crippen LogP contribution in [0.1, 0.15) is 22.5 Å². The number of nitrogens with zero attached hydrogens (tertiary/aromatic N) is 5. The highest BCUT2D eigenvalue weighted by molar-refractivity contribution is 6.13. The Kier molecular flexibility index (Phi) is 5.42. The highest BCUT2D eigenvalue weighted by Crippen LogP contribution is 2.32. The molecule has 6 rings (SSSR count). The molecule has 2 saturated heterocycles. The number of hydrogen-bond acceptors (Lipinski definition) is 6. The van der Waals surface area contributed by atoms with Gasteiger partial charge in [-0.1, -0.05) is 0 Å². The van der Waals surface area contributed by atoms with Crippen LogP contribution >= 0.6 is 0 Å². The molecule has 0 unspecified atom stereocenters. The third-order valence-electron chi connectivity index (χ3n) is 6.83. The molecule has 9 nitrogen and oxygen atoms in total. The number of imidazole rings is 1. The second-order valence-electron chi connectivity index (χ2n) is 9.58. The maximum Gasteiger partial charge on any atom is 0.257 e. The third-order valence-corrected chi connectivity index (χ3v) is 6.83. The molecule has 10 heteroatoms. The van der Waals surface area contributed by atoms with Gasteiger partial charge in [0, 0.05) is 74.4 Å². The average Bonchev–Trinajstić information content (AvgIpc) is 3.49. The zero-order valence-electron chi connectivity index (χ0n) is 19.8. The van der Waals surface area contributed by atoms with Crippen molar-refractivity contribution in [2.45, 2.75) is 19.4 Å². The van der Waals surface area contributed by atoms with Gasteiger partial charge < -0.3 is 24.7 Å². The molecule has 2 aliphatic heterocycles. The van der Waals surface area contributed by atoms with E-state index in [1.807, 2.05) is 25.4 Å². The zero-order chi connectivity index (χ0) is 24.1. The number of nitrogens with one attached hydrogen (secondary N) is 2. The molecule has 1 aromatic carbocycles. The van der Waals surface area contributed by atoms with Gasteiger partial charge in [-0.15, -0.1) is 0 Å². The molecule has 2 aliphatic rings. The van der Waals surface area contributed by atoms with Gasteiger partial charge in [-0.3, -0.25) is 9.48 Å². The van der Waals surface area contributed by atoms with Gasteiger partial charge in [0.15, 0.2) is 11.5 Å². The van der Waals surface area contributed by atoms with Gasteiger partial charge >= 0.3 is 0 Å². The molecule has 4 aromatic rings. The predicted octanol–water partition coefficient (Wildman–Crippen LogP) is 2.74. The normalized spacial score (nSPS) is 18.5. The number of carbonyl (C=O) groups excluding carboxylic acids is 1. The maximum absolute atomic E-state index is 14.5. The fourth-order valence-corrected chi connectivity index (χ4v) is 4.99. The molecule has 1 amide bonds. The van der Waals surface area contributed by atoms with Crippen LogP contribution in [-0.4, -0.2) is 64.0 Å². The molecule has 182 valence electrons. The summed E-state index contributed by atoms with van der Waals surface area (Å²) in [5, 5.41) is 12.0. The third kappa shape index (κ3) is 4.12. The van der Waals surface area contributed by atoms with Crippen molar-refractivity contribution in [3.05, 3.63) is 53.9 Å². The minimum absolute atomic E-state index is 0.233. The van der Waals surface area contributed by atoms with Crippen molar-refractivity contribution >= 4 is 33.8 Å². The Morgan fingerprint density at radius 3 is 2.91 bits per heavy atom. The van der Waals surface area contributed by atoms with E-state index in [0.717, 1.165) is 50.3 Å². The number of amides is 1. The summed E-state index contributed by atoms with van der Waals surface area (Å²) >= 11 is 0. The fourth-order valence-electron chi connectivity index (χ4n) is 4.99. The summed E-state index contributed by atoms with van der Waals surface area (Å²) in [7, 11) is 1.85. The Bertz CT molecular complexity index is 1420. The van der Waals surface area contributed by atoms with Crippen LogP contribution in [0.15, 0.2) is 36.8 Å². The summed E-state index contributed by atoms with van der Waals surface area (Å²) < 4.78 is 23.1. The molecular formula is C25H28FN7O2. The first-order chi connectivity index (χ1) is 16.9. The predicted molar refractivity (Wildman–Crippen MR) is 131 cm³/mol. The van der Waals surface area contributed by atoms with Crippen LogP contribution in [-0.2, 0) is 11.8 Å². The smallest absolute Gasteiger partial charge is 0.257 e. The van der Waals surface area contributed by atoms with E-state index in [4.69, 9.17) is 4.74 Å². The number of pyridine rings is 1. The SMILES string of the molecule is Cc1cn2cc(NC(=O)c3ccc(N4CC[C@@H](NCC5COC5)C4)c4cn(C)nc34)cc(F)c2n1. The summed E-state index contributed by atoms with van der Waals surface area (Å²) in [6, 6.07) is 5.52. The van der Waals surface area contributed by atoms with Gasteiger partial charge in [-0.25, -0.2) is 9.37 Å². The first kappa shape index (κ1) is 22.0. The van der Waals surface area contributed by atoms with Crippen molar-refractivity contribution < 1.29 is 13.9 Å². The highest BCUT2D eigenvalue weighted by Gasteiger charge is 2.27. The second-order valence-corrected chi connectivity index (χ2v) is 9.58. The van der Waals surface area contributed by atoms with Crippen LogP contribution in [0.5, 0.6) is 0 Å². The van der Waals surface area contributed by atoms with E-state index in [0.29, 0.717) is 34.4 Å². The molecule has 35 heavy (non-hydrogen) atoms. The van der Waals surface area contributed by atoms with Crippen LogP contribution in [0.2, 0.25) is 0 Å². The van der Waals surface area contributed by atoms with Crippen LogP contribution < -0.4 is 15.5 Å². The average molecular weight is 478 g/mol. The topological polar surface area (TPSA) is 88.7 Å². The first-order valence-electron chi connectivity index (χ1n) is 11.9. The van der Waals surface area contributed by atoms with E-state index in [9.17, 15) is 9.18 Å². The van der Waals surface area contributed by atoms with Crippen LogP contribution in [0.3, 0.4) is 0 Å².